The van der Waals surface area contributed by atoms with Crippen LogP contribution in [0.5, 0.6) is 5.75 Å². The number of nitrogens with one attached hydrogen (secondary N) is 1. The Balaban J connectivity index is 1.85. The number of phenols is 1. The van der Waals surface area contributed by atoms with E-state index in [-0.39, 0.29) is 5.75 Å². The Bertz CT molecular complexity index is 415. The fourth-order valence-electron chi connectivity index (χ4n) is 1.92. The molecule has 1 saturated heterocycles. The SMILES string of the molecule is O=S1CCC(NCc2ccc(O)c(F)c2)CC1. The van der Waals surface area contributed by atoms with Crippen molar-refractivity contribution in [2.75, 3.05) is 11.5 Å². The minimum Gasteiger partial charge on any atom is -0.505 e. The summed E-state index contributed by atoms with van der Waals surface area (Å²) in [4.78, 5) is 0. The Morgan fingerprint density at radius 2 is 2.12 bits per heavy atom. The van der Waals surface area contributed by atoms with E-state index in [0.717, 1.165) is 29.9 Å². The molecular weight excluding hydrogens is 241 g/mol. The van der Waals surface area contributed by atoms with Crippen molar-refractivity contribution in [2.45, 2.75) is 25.4 Å². The van der Waals surface area contributed by atoms with Crippen LogP contribution in [0.2, 0.25) is 0 Å². The summed E-state index contributed by atoms with van der Waals surface area (Å²) < 4.78 is 24.2. The van der Waals surface area contributed by atoms with Crippen LogP contribution in [0.15, 0.2) is 18.2 Å². The summed E-state index contributed by atoms with van der Waals surface area (Å²) in [5, 5.41) is 12.4. The largest absolute Gasteiger partial charge is 0.505 e. The number of hydrogen-bond donors (Lipinski definition) is 2. The van der Waals surface area contributed by atoms with Crippen molar-refractivity contribution in [3.8, 4) is 5.75 Å². The molecule has 5 heteroatoms. The van der Waals surface area contributed by atoms with Gasteiger partial charge in [-0.15, -0.1) is 0 Å². The fourth-order valence-corrected chi connectivity index (χ4v) is 3.22. The molecule has 1 heterocycles. The minimum absolute atomic E-state index is 0.318. The molecule has 0 saturated carbocycles. The summed E-state index contributed by atoms with van der Waals surface area (Å²) in [6, 6.07) is 4.77. The van der Waals surface area contributed by atoms with E-state index in [2.05, 4.69) is 5.32 Å². The maximum absolute atomic E-state index is 13.1. The standard InChI is InChI=1S/C12H16FNO2S/c13-11-7-9(1-2-12(11)15)8-14-10-3-5-17(16)6-4-10/h1-2,7,10,14-15H,3-6,8H2. The summed E-state index contributed by atoms with van der Waals surface area (Å²) in [7, 11) is -0.649. The third-order valence-electron chi connectivity index (χ3n) is 2.99. The fraction of sp³-hybridized carbons (Fsp3) is 0.500. The zero-order chi connectivity index (χ0) is 12.3. The minimum atomic E-state index is -0.649. The van der Waals surface area contributed by atoms with Crippen LogP contribution in [0.1, 0.15) is 18.4 Å². The summed E-state index contributed by atoms with van der Waals surface area (Å²) >= 11 is 0. The molecule has 0 aromatic heterocycles. The highest BCUT2D eigenvalue weighted by molar-refractivity contribution is 7.85. The first-order chi connectivity index (χ1) is 8.15. The van der Waals surface area contributed by atoms with Crippen molar-refractivity contribution in [3.63, 3.8) is 0 Å². The Kier molecular flexibility index (Phi) is 4.12. The van der Waals surface area contributed by atoms with Gasteiger partial charge in [0, 0.05) is 34.9 Å². The van der Waals surface area contributed by atoms with Crippen LogP contribution in [0, 0.1) is 5.82 Å². The summed E-state index contributed by atoms with van der Waals surface area (Å²) in [6.07, 6.45) is 1.82. The molecule has 94 valence electrons. The number of halogens is 1. The van der Waals surface area contributed by atoms with Crippen LogP contribution in [-0.2, 0) is 17.3 Å². The smallest absolute Gasteiger partial charge is 0.165 e. The van der Waals surface area contributed by atoms with E-state index in [1.165, 1.54) is 12.1 Å². The molecule has 1 aromatic carbocycles. The van der Waals surface area contributed by atoms with Gasteiger partial charge >= 0.3 is 0 Å². The first-order valence-corrected chi connectivity index (χ1v) is 7.19. The van der Waals surface area contributed by atoms with Gasteiger partial charge in [-0.25, -0.2) is 4.39 Å². The van der Waals surface area contributed by atoms with Crippen molar-refractivity contribution in [2.24, 2.45) is 0 Å². The van der Waals surface area contributed by atoms with E-state index < -0.39 is 16.6 Å². The Morgan fingerprint density at radius 3 is 2.76 bits per heavy atom. The topological polar surface area (TPSA) is 49.3 Å². The molecule has 2 N–H and O–H groups in total. The summed E-state index contributed by atoms with van der Waals surface area (Å²) in [5.74, 6) is 0.597. The van der Waals surface area contributed by atoms with Crippen LogP contribution in [0.3, 0.4) is 0 Å². The maximum Gasteiger partial charge on any atom is 0.165 e. The van der Waals surface area contributed by atoms with E-state index in [1.54, 1.807) is 6.07 Å². The van der Waals surface area contributed by atoms with Crippen LogP contribution in [-0.4, -0.2) is 26.9 Å². The van der Waals surface area contributed by atoms with Crippen molar-refractivity contribution >= 4 is 10.8 Å². The van der Waals surface area contributed by atoms with Gasteiger partial charge in [-0.3, -0.25) is 4.21 Å². The zero-order valence-corrected chi connectivity index (χ0v) is 10.3. The number of hydrogen-bond acceptors (Lipinski definition) is 3. The molecule has 2 rings (SSSR count). The highest BCUT2D eigenvalue weighted by Crippen LogP contribution is 2.16. The number of aromatic hydroxyl groups is 1. The molecule has 0 amide bonds. The molecule has 1 aliphatic heterocycles. The number of rotatable bonds is 3. The van der Waals surface area contributed by atoms with Crippen molar-refractivity contribution in [1.29, 1.82) is 0 Å². The quantitative estimate of drug-likeness (QED) is 0.863. The Morgan fingerprint density at radius 1 is 1.41 bits per heavy atom. The molecule has 0 spiro atoms. The molecule has 17 heavy (non-hydrogen) atoms. The molecule has 1 fully saturated rings. The van der Waals surface area contributed by atoms with E-state index in [1.807, 2.05) is 0 Å². The van der Waals surface area contributed by atoms with E-state index in [0.29, 0.717) is 12.6 Å². The summed E-state index contributed by atoms with van der Waals surface area (Å²) in [6.45, 7) is 0.578. The molecule has 0 unspecified atom stereocenters. The maximum atomic E-state index is 13.1. The monoisotopic (exact) mass is 257 g/mol. The van der Waals surface area contributed by atoms with Gasteiger partial charge in [-0.2, -0.15) is 0 Å². The van der Waals surface area contributed by atoms with Gasteiger partial charge in [0.25, 0.3) is 0 Å². The predicted octanol–water partition coefficient (Wildman–Crippen LogP) is 1.53. The van der Waals surface area contributed by atoms with Crippen LogP contribution in [0.4, 0.5) is 4.39 Å². The lowest BCUT2D eigenvalue weighted by Gasteiger charge is -2.22. The van der Waals surface area contributed by atoms with Crippen LogP contribution < -0.4 is 5.32 Å². The predicted molar refractivity (Wildman–Crippen MR) is 65.8 cm³/mol. The second kappa shape index (κ2) is 5.60. The first kappa shape index (κ1) is 12.5. The molecule has 0 aliphatic carbocycles. The molecule has 0 bridgehead atoms. The molecular formula is C12H16FNO2S. The zero-order valence-electron chi connectivity index (χ0n) is 9.49. The van der Waals surface area contributed by atoms with Gasteiger partial charge in [-0.1, -0.05) is 6.07 Å². The van der Waals surface area contributed by atoms with E-state index in [9.17, 15) is 8.60 Å². The van der Waals surface area contributed by atoms with Gasteiger partial charge in [0.15, 0.2) is 11.6 Å². The molecule has 0 atom stereocenters. The van der Waals surface area contributed by atoms with Crippen molar-refractivity contribution < 1.29 is 13.7 Å². The second-order valence-corrected chi connectivity index (χ2v) is 5.99. The average molecular weight is 257 g/mol. The third kappa shape index (κ3) is 3.51. The first-order valence-electron chi connectivity index (χ1n) is 5.71. The lowest BCUT2D eigenvalue weighted by Crippen LogP contribution is -2.35. The van der Waals surface area contributed by atoms with Gasteiger partial charge in [0.2, 0.25) is 0 Å². The number of benzene rings is 1. The molecule has 0 radical (unpaired) electrons. The van der Waals surface area contributed by atoms with Crippen molar-refractivity contribution in [3.05, 3.63) is 29.6 Å². The highest BCUT2D eigenvalue weighted by Gasteiger charge is 2.17. The van der Waals surface area contributed by atoms with Gasteiger partial charge in [0.05, 0.1) is 0 Å². The van der Waals surface area contributed by atoms with E-state index >= 15 is 0 Å². The molecule has 1 aliphatic rings. The second-order valence-electron chi connectivity index (χ2n) is 4.29. The Labute approximate surface area is 102 Å². The normalized spacial score (nSPS) is 24.8. The molecule has 1 aromatic rings. The lowest BCUT2D eigenvalue weighted by molar-refractivity contribution is 0.430. The highest BCUT2D eigenvalue weighted by atomic mass is 32.2. The van der Waals surface area contributed by atoms with Gasteiger partial charge in [-0.05, 0) is 30.5 Å². The van der Waals surface area contributed by atoms with Gasteiger partial charge in [0.1, 0.15) is 0 Å². The average Bonchev–Trinajstić information content (AvgIpc) is 2.33. The van der Waals surface area contributed by atoms with E-state index in [4.69, 9.17) is 5.11 Å². The lowest BCUT2D eigenvalue weighted by atomic mass is 10.1. The molecule has 3 nitrogen and oxygen atoms in total. The van der Waals surface area contributed by atoms with Crippen LogP contribution >= 0.6 is 0 Å². The van der Waals surface area contributed by atoms with Crippen molar-refractivity contribution in [1.82, 2.24) is 5.32 Å². The third-order valence-corrected chi connectivity index (χ3v) is 4.38. The van der Waals surface area contributed by atoms with Crippen LogP contribution in [0.25, 0.3) is 0 Å². The number of phenolic OH excluding ortho intramolecular Hbond substituents is 1. The Hall–Kier alpha value is -0.940. The van der Waals surface area contributed by atoms with Gasteiger partial charge < -0.3 is 10.4 Å². The summed E-state index contributed by atoms with van der Waals surface area (Å²) in [5.41, 5.74) is 0.812.